The number of anilines is 1. The Kier molecular flexibility index (Phi) is 4.88. The van der Waals surface area contributed by atoms with E-state index in [0.29, 0.717) is 34.7 Å². The number of likely N-dealkylation sites (tertiary alicyclic amines) is 1. The van der Waals surface area contributed by atoms with Crippen LogP contribution in [0.15, 0.2) is 16.6 Å². The lowest BCUT2D eigenvalue weighted by atomic mass is 10.2. The summed E-state index contributed by atoms with van der Waals surface area (Å²) in [6.07, 6.45) is 4.65. The maximum atomic E-state index is 14.9. The van der Waals surface area contributed by atoms with Crippen LogP contribution in [0.4, 0.5) is 10.2 Å². The molecule has 6 nitrogen and oxygen atoms in total. The monoisotopic (exact) mass is 449 g/mol. The zero-order valence-corrected chi connectivity index (χ0v) is 17.6. The van der Waals surface area contributed by atoms with E-state index in [1.807, 2.05) is 6.07 Å². The number of rotatable bonds is 4. The topological polar surface area (TPSA) is 53.5 Å². The highest BCUT2D eigenvalue weighted by Crippen LogP contribution is 2.33. The SMILES string of the molecule is CN1CCCC1COc1nc(N2CC3CCC(C2)N3)c2ccc(Br)c(F)c2n1. The van der Waals surface area contributed by atoms with Crippen molar-refractivity contribution in [2.75, 3.05) is 38.2 Å². The van der Waals surface area contributed by atoms with Gasteiger partial charge in [0, 0.05) is 36.6 Å². The second kappa shape index (κ2) is 7.39. The van der Waals surface area contributed by atoms with Crippen molar-refractivity contribution < 1.29 is 9.13 Å². The first-order valence-electron chi connectivity index (χ1n) is 10.1. The minimum absolute atomic E-state index is 0.269. The van der Waals surface area contributed by atoms with Crippen LogP contribution in [0.5, 0.6) is 6.01 Å². The second-order valence-electron chi connectivity index (χ2n) is 8.22. The zero-order chi connectivity index (χ0) is 19.3. The molecule has 5 rings (SSSR count). The van der Waals surface area contributed by atoms with Crippen LogP contribution in [0.25, 0.3) is 10.9 Å². The van der Waals surface area contributed by atoms with Crippen LogP contribution in [0, 0.1) is 5.82 Å². The fourth-order valence-corrected chi connectivity index (χ4v) is 5.06. The summed E-state index contributed by atoms with van der Waals surface area (Å²) in [6.45, 7) is 3.38. The number of aromatic nitrogens is 2. The summed E-state index contributed by atoms with van der Waals surface area (Å²) < 4.78 is 21.2. The van der Waals surface area contributed by atoms with Crippen LogP contribution >= 0.6 is 15.9 Å². The van der Waals surface area contributed by atoms with Crippen LogP contribution in [0.2, 0.25) is 0 Å². The summed E-state index contributed by atoms with van der Waals surface area (Å²) in [7, 11) is 2.11. The Morgan fingerprint density at radius 2 is 2.00 bits per heavy atom. The van der Waals surface area contributed by atoms with Gasteiger partial charge in [-0.3, -0.25) is 0 Å². The minimum Gasteiger partial charge on any atom is -0.462 e. The third-order valence-electron chi connectivity index (χ3n) is 6.31. The summed E-state index contributed by atoms with van der Waals surface area (Å²) >= 11 is 3.28. The number of nitrogens with zero attached hydrogens (tertiary/aromatic N) is 4. The molecule has 0 amide bonds. The third-order valence-corrected chi connectivity index (χ3v) is 6.92. The van der Waals surface area contributed by atoms with E-state index < -0.39 is 0 Å². The maximum Gasteiger partial charge on any atom is 0.319 e. The number of nitrogens with one attached hydrogen (secondary N) is 1. The molecule has 3 aliphatic rings. The van der Waals surface area contributed by atoms with Crippen molar-refractivity contribution in [3.8, 4) is 6.01 Å². The predicted octanol–water partition coefficient (Wildman–Crippen LogP) is 2.95. The summed E-state index contributed by atoms with van der Waals surface area (Å²) in [6, 6.07) is 5.21. The molecule has 3 aliphatic heterocycles. The van der Waals surface area contributed by atoms with Gasteiger partial charge in [0.05, 0.1) is 4.47 Å². The van der Waals surface area contributed by atoms with Crippen LogP contribution in [-0.2, 0) is 0 Å². The van der Waals surface area contributed by atoms with Gasteiger partial charge >= 0.3 is 6.01 Å². The molecule has 0 spiro atoms. The van der Waals surface area contributed by atoms with Gasteiger partial charge in [-0.05, 0) is 67.3 Å². The second-order valence-corrected chi connectivity index (χ2v) is 9.07. The van der Waals surface area contributed by atoms with Crippen molar-refractivity contribution >= 4 is 32.7 Å². The summed E-state index contributed by atoms with van der Waals surface area (Å²) in [5.74, 6) is 0.423. The van der Waals surface area contributed by atoms with E-state index in [-0.39, 0.29) is 11.8 Å². The predicted molar refractivity (Wildman–Crippen MR) is 111 cm³/mol. The molecule has 1 aromatic heterocycles. The first-order valence-corrected chi connectivity index (χ1v) is 10.9. The smallest absolute Gasteiger partial charge is 0.319 e. The first kappa shape index (κ1) is 18.5. The average molecular weight is 450 g/mol. The minimum atomic E-state index is -0.359. The molecule has 3 fully saturated rings. The summed E-state index contributed by atoms with van der Waals surface area (Å²) in [4.78, 5) is 13.7. The lowest BCUT2D eigenvalue weighted by molar-refractivity contribution is 0.188. The van der Waals surface area contributed by atoms with E-state index in [0.717, 1.165) is 37.3 Å². The standard InChI is InChI=1S/C20H25BrFN5O/c1-26-8-2-3-14(26)11-28-20-24-18-15(6-7-16(21)17(18)22)19(25-20)27-9-12-4-5-13(10-27)23-12/h6-7,12-14,23H,2-5,8-11H2,1H3. The molecular formula is C20H25BrFN5O. The number of ether oxygens (including phenoxy) is 1. The third kappa shape index (κ3) is 3.35. The van der Waals surface area contributed by atoms with Gasteiger partial charge in [-0.1, -0.05) is 0 Å². The Balaban J connectivity index is 1.50. The van der Waals surface area contributed by atoms with E-state index in [1.165, 1.54) is 19.3 Å². The van der Waals surface area contributed by atoms with Crippen molar-refractivity contribution in [3.05, 3.63) is 22.4 Å². The zero-order valence-electron chi connectivity index (χ0n) is 16.0. The molecule has 2 bridgehead atoms. The fraction of sp³-hybridized carbons (Fsp3) is 0.600. The molecule has 4 heterocycles. The van der Waals surface area contributed by atoms with Crippen LogP contribution in [0.3, 0.4) is 0 Å². The van der Waals surface area contributed by atoms with Crippen molar-refractivity contribution in [2.24, 2.45) is 0 Å². The van der Waals surface area contributed by atoms with Gasteiger partial charge in [0.25, 0.3) is 0 Å². The van der Waals surface area contributed by atoms with E-state index in [2.05, 4.69) is 43.1 Å². The number of likely N-dealkylation sites (N-methyl/N-ethyl adjacent to an activating group) is 1. The van der Waals surface area contributed by atoms with Crippen LogP contribution < -0.4 is 15.0 Å². The molecule has 0 radical (unpaired) electrons. The van der Waals surface area contributed by atoms with Gasteiger partial charge < -0.3 is 19.9 Å². The van der Waals surface area contributed by atoms with Crippen molar-refractivity contribution in [2.45, 2.75) is 43.8 Å². The average Bonchev–Trinajstić information content (AvgIpc) is 3.26. The Labute approximate surface area is 172 Å². The number of benzene rings is 1. The largest absolute Gasteiger partial charge is 0.462 e. The molecule has 0 saturated carbocycles. The highest BCUT2D eigenvalue weighted by Gasteiger charge is 2.34. The molecule has 28 heavy (non-hydrogen) atoms. The van der Waals surface area contributed by atoms with Gasteiger partial charge in [0.1, 0.15) is 17.9 Å². The van der Waals surface area contributed by atoms with Gasteiger partial charge in [0.15, 0.2) is 5.82 Å². The van der Waals surface area contributed by atoms with Crippen molar-refractivity contribution in [1.82, 2.24) is 20.2 Å². The van der Waals surface area contributed by atoms with Crippen molar-refractivity contribution in [3.63, 3.8) is 0 Å². The van der Waals surface area contributed by atoms with Crippen LogP contribution in [0.1, 0.15) is 25.7 Å². The van der Waals surface area contributed by atoms with Crippen LogP contribution in [-0.4, -0.2) is 66.3 Å². The molecule has 2 aromatic rings. The van der Waals surface area contributed by atoms with Gasteiger partial charge in [-0.25, -0.2) is 4.39 Å². The van der Waals surface area contributed by atoms with Gasteiger partial charge in [0.2, 0.25) is 0 Å². The molecule has 0 aliphatic carbocycles. The highest BCUT2D eigenvalue weighted by molar-refractivity contribution is 9.10. The quantitative estimate of drug-likeness (QED) is 0.774. The summed E-state index contributed by atoms with van der Waals surface area (Å²) in [5.41, 5.74) is 0.319. The molecule has 150 valence electrons. The number of hydrogen-bond donors (Lipinski definition) is 1. The summed E-state index contributed by atoms with van der Waals surface area (Å²) in [5, 5.41) is 4.38. The Bertz CT molecular complexity index is 885. The Morgan fingerprint density at radius 3 is 2.71 bits per heavy atom. The molecule has 8 heteroatoms. The normalized spacial score (nSPS) is 27.7. The molecular weight excluding hydrogens is 425 g/mol. The van der Waals surface area contributed by atoms with Gasteiger partial charge in [-0.15, -0.1) is 0 Å². The number of hydrogen-bond acceptors (Lipinski definition) is 6. The molecule has 3 saturated heterocycles. The van der Waals surface area contributed by atoms with Gasteiger partial charge in [-0.2, -0.15) is 9.97 Å². The first-order chi connectivity index (χ1) is 13.6. The van der Waals surface area contributed by atoms with E-state index in [1.54, 1.807) is 6.07 Å². The number of fused-ring (bicyclic) bond motifs is 3. The van der Waals surface area contributed by atoms with Crippen molar-refractivity contribution in [1.29, 1.82) is 0 Å². The Morgan fingerprint density at radius 1 is 1.21 bits per heavy atom. The number of halogens is 2. The molecule has 3 unspecified atom stereocenters. The maximum absolute atomic E-state index is 14.9. The Hall–Kier alpha value is -1.51. The lowest BCUT2D eigenvalue weighted by Crippen LogP contribution is -2.51. The number of piperazine rings is 1. The highest BCUT2D eigenvalue weighted by atomic mass is 79.9. The molecule has 1 N–H and O–H groups in total. The fourth-order valence-electron chi connectivity index (χ4n) is 4.74. The van der Waals surface area contributed by atoms with E-state index >= 15 is 0 Å². The van der Waals surface area contributed by atoms with E-state index in [4.69, 9.17) is 9.72 Å². The van der Waals surface area contributed by atoms with E-state index in [9.17, 15) is 4.39 Å². The molecule has 3 atom stereocenters. The molecule has 1 aromatic carbocycles. The lowest BCUT2D eigenvalue weighted by Gasteiger charge is -2.34.